The second kappa shape index (κ2) is 4.53. The third-order valence-electron chi connectivity index (χ3n) is 3.34. The van der Waals surface area contributed by atoms with Crippen molar-refractivity contribution < 1.29 is 4.92 Å². The molecule has 1 aliphatic rings. The Hall–Kier alpha value is -1.29. The number of para-hydroxylation sites is 1. The molecule has 2 rings (SSSR count). The molecule has 1 aliphatic carbocycles. The van der Waals surface area contributed by atoms with Gasteiger partial charge < -0.3 is 4.90 Å². The lowest BCUT2D eigenvalue weighted by Crippen LogP contribution is -2.21. The molecule has 0 bridgehead atoms. The van der Waals surface area contributed by atoms with Crippen LogP contribution in [0.15, 0.2) is 18.2 Å². The smallest absolute Gasteiger partial charge is 0.310 e. The van der Waals surface area contributed by atoms with E-state index in [9.17, 15) is 10.1 Å². The van der Waals surface area contributed by atoms with Crippen LogP contribution in [0.25, 0.3) is 0 Å². The molecular weight excluding hydrogens is 240 g/mol. The highest BCUT2D eigenvalue weighted by Crippen LogP contribution is 2.41. The van der Waals surface area contributed by atoms with E-state index < -0.39 is 4.92 Å². The zero-order chi connectivity index (χ0) is 12.6. The molecule has 1 fully saturated rings. The maximum Gasteiger partial charge on any atom is 0.310 e. The van der Waals surface area contributed by atoms with Gasteiger partial charge in [0.2, 0.25) is 0 Å². The molecule has 0 radical (unpaired) electrons. The van der Waals surface area contributed by atoms with E-state index in [1.807, 2.05) is 11.9 Å². The molecule has 0 N–H and O–H groups in total. The van der Waals surface area contributed by atoms with Crippen LogP contribution >= 0.6 is 11.6 Å². The van der Waals surface area contributed by atoms with Crippen molar-refractivity contribution in [3.8, 4) is 0 Å². The molecule has 2 atom stereocenters. The molecule has 1 saturated carbocycles. The van der Waals surface area contributed by atoms with Gasteiger partial charge in [0.25, 0.3) is 0 Å². The highest BCUT2D eigenvalue weighted by atomic mass is 35.5. The molecule has 4 nitrogen and oxygen atoms in total. The van der Waals surface area contributed by atoms with Crippen molar-refractivity contribution in [3.05, 3.63) is 33.3 Å². The summed E-state index contributed by atoms with van der Waals surface area (Å²) >= 11 is 5.88. The predicted molar refractivity (Wildman–Crippen MR) is 68.6 cm³/mol. The molecule has 0 amide bonds. The SMILES string of the molecule is CC1CC1CN(C)c1cccc(Cl)c1[N+](=O)[O-]. The molecule has 17 heavy (non-hydrogen) atoms. The van der Waals surface area contributed by atoms with Gasteiger partial charge in [-0.05, 0) is 30.4 Å². The Morgan fingerprint density at radius 3 is 2.76 bits per heavy atom. The number of hydrogen-bond acceptors (Lipinski definition) is 3. The summed E-state index contributed by atoms with van der Waals surface area (Å²) in [5, 5.41) is 11.2. The van der Waals surface area contributed by atoms with Crippen molar-refractivity contribution in [2.24, 2.45) is 11.8 Å². The summed E-state index contributed by atoms with van der Waals surface area (Å²) in [6.45, 7) is 3.05. The summed E-state index contributed by atoms with van der Waals surface area (Å²) in [5.41, 5.74) is 0.603. The molecule has 5 heteroatoms. The van der Waals surface area contributed by atoms with E-state index in [0.29, 0.717) is 11.6 Å². The summed E-state index contributed by atoms with van der Waals surface area (Å²) in [7, 11) is 1.88. The monoisotopic (exact) mass is 254 g/mol. The average molecular weight is 255 g/mol. The van der Waals surface area contributed by atoms with Gasteiger partial charge in [-0.1, -0.05) is 24.6 Å². The second-order valence-corrected chi connectivity index (χ2v) is 5.13. The fraction of sp³-hybridized carbons (Fsp3) is 0.500. The van der Waals surface area contributed by atoms with Crippen molar-refractivity contribution in [3.63, 3.8) is 0 Å². The molecule has 0 heterocycles. The lowest BCUT2D eigenvalue weighted by Gasteiger charge is -2.19. The predicted octanol–water partition coefficient (Wildman–Crippen LogP) is 3.34. The highest BCUT2D eigenvalue weighted by Gasteiger charge is 2.34. The van der Waals surface area contributed by atoms with Gasteiger partial charge in [0.05, 0.1) is 4.92 Å². The summed E-state index contributed by atoms with van der Waals surface area (Å²) in [6.07, 6.45) is 1.21. The van der Waals surface area contributed by atoms with Crippen LogP contribution < -0.4 is 4.90 Å². The Labute approximate surface area is 105 Å². The molecule has 1 aromatic rings. The Kier molecular flexibility index (Phi) is 3.24. The standard InChI is InChI=1S/C12H15ClN2O2/c1-8-6-9(8)7-14(2)11-5-3-4-10(13)12(11)15(16)17/h3-5,8-9H,6-7H2,1-2H3. The lowest BCUT2D eigenvalue weighted by molar-refractivity contribution is -0.384. The van der Waals surface area contributed by atoms with Crippen molar-refractivity contribution in [2.75, 3.05) is 18.5 Å². The Bertz CT molecular complexity index is 450. The molecule has 0 aromatic heterocycles. The van der Waals surface area contributed by atoms with Gasteiger partial charge >= 0.3 is 5.69 Å². The van der Waals surface area contributed by atoms with Crippen LogP contribution in [-0.4, -0.2) is 18.5 Å². The van der Waals surface area contributed by atoms with Crippen molar-refractivity contribution >= 4 is 23.0 Å². The maximum absolute atomic E-state index is 11.0. The van der Waals surface area contributed by atoms with Gasteiger partial charge in [-0.15, -0.1) is 0 Å². The molecule has 0 aliphatic heterocycles. The van der Waals surface area contributed by atoms with Gasteiger partial charge in [-0.3, -0.25) is 10.1 Å². The lowest BCUT2D eigenvalue weighted by atomic mass is 10.2. The van der Waals surface area contributed by atoms with E-state index in [1.54, 1.807) is 18.2 Å². The minimum atomic E-state index is -0.412. The molecular formula is C12H15ClN2O2. The van der Waals surface area contributed by atoms with Crippen LogP contribution in [-0.2, 0) is 0 Å². The first-order chi connectivity index (χ1) is 8.00. The first-order valence-electron chi connectivity index (χ1n) is 5.64. The van der Waals surface area contributed by atoms with Crippen LogP contribution in [0.4, 0.5) is 11.4 Å². The highest BCUT2D eigenvalue weighted by molar-refractivity contribution is 6.33. The first kappa shape index (κ1) is 12.2. The van der Waals surface area contributed by atoms with Gasteiger partial charge in [-0.2, -0.15) is 0 Å². The molecule has 0 spiro atoms. The van der Waals surface area contributed by atoms with Crippen molar-refractivity contribution in [2.45, 2.75) is 13.3 Å². The Morgan fingerprint density at radius 1 is 1.59 bits per heavy atom. The van der Waals surface area contributed by atoms with Gasteiger partial charge in [0.1, 0.15) is 10.7 Å². The Balaban J connectivity index is 2.24. The zero-order valence-corrected chi connectivity index (χ0v) is 10.6. The van der Waals surface area contributed by atoms with Crippen LogP contribution in [0.5, 0.6) is 0 Å². The van der Waals surface area contributed by atoms with E-state index >= 15 is 0 Å². The third kappa shape index (κ3) is 2.52. The normalized spacial score (nSPS) is 22.3. The minimum absolute atomic E-state index is 0.00460. The van der Waals surface area contributed by atoms with Crippen LogP contribution in [0.3, 0.4) is 0 Å². The van der Waals surface area contributed by atoms with Crippen LogP contribution in [0, 0.1) is 22.0 Å². The number of rotatable bonds is 4. The first-order valence-corrected chi connectivity index (χ1v) is 6.02. The summed E-state index contributed by atoms with van der Waals surface area (Å²) in [6, 6.07) is 5.05. The average Bonchev–Trinajstić information content (AvgIpc) is 2.93. The third-order valence-corrected chi connectivity index (χ3v) is 3.65. The fourth-order valence-electron chi connectivity index (χ4n) is 2.10. The van der Waals surface area contributed by atoms with E-state index in [-0.39, 0.29) is 10.7 Å². The number of nitro groups is 1. The molecule has 92 valence electrons. The molecule has 1 aromatic carbocycles. The second-order valence-electron chi connectivity index (χ2n) is 4.72. The zero-order valence-electron chi connectivity index (χ0n) is 9.89. The Morgan fingerprint density at radius 2 is 2.24 bits per heavy atom. The van der Waals surface area contributed by atoms with Crippen LogP contribution in [0.2, 0.25) is 5.02 Å². The topological polar surface area (TPSA) is 46.4 Å². The number of benzene rings is 1. The quantitative estimate of drug-likeness (QED) is 0.612. The number of nitrogens with zero attached hydrogens (tertiary/aromatic N) is 2. The van der Waals surface area contributed by atoms with Crippen LogP contribution in [0.1, 0.15) is 13.3 Å². The van der Waals surface area contributed by atoms with Crippen molar-refractivity contribution in [1.29, 1.82) is 0 Å². The maximum atomic E-state index is 11.0. The van der Waals surface area contributed by atoms with Gasteiger partial charge in [-0.25, -0.2) is 0 Å². The van der Waals surface area contributed by atoms with E-state index in [0.717, 1.165) is 12.5 Å². The largest absolute Gasteiger partial charge is 0.369 e. The number of nitro benzene ring substituents is 1. The number of anilines is 1. The van der Waals surface area contributed by atoms with E-state index in [2.05, 4.69) is 6.92 Å². The summed E-state index contributed by atoms with van der Waals surface area (Å²) in [5.74, 6) is 1.38. The van der Waals surface area contributed by atoms with E-state index in [1.165, 1.54) is 6.42 Å². The van der Waals surface area contributed by atoms with Gasteiger partial charge in [0.15, 0.2) is 0 Å². The number of halogens is 1. The van der Waals surface area contributed by atoms with E-state index in [4.69, 9.17) is 11.6 Å². The summed E-state index contributed by atoms with van der Waals surface area (Å²) < 4.78 is 0. The fourth-order valence-corrected chi connectivity index (χ4v) is 2.33. The molecule has 2 unspecified atom stereocenters. The number of hydrogen-bond donors (Lipinski definition) is 0. The van der Waals surface area contributed by atoms with Gasteiger partial charge in [0, 0.05) is 13.6 Å². The molecule has 0 saturated heterocycles. The van der Waals surface area contributed by atoms with Crippen molar-refractivity contribution in [1.82, 2.24) is 0 Å². The minimum Gasteiger partial charge on any atom is -0.369 e. The summed E-state index contributed by atoms with van der Waals surface area (Å²) in [4.78, 5) is 12.5.